The Morgan fingerprint density at radius 3 is 2.82 bits per heavy atom. The Kier molecular flexibility index (Phi) is 3.27. The van der Waals surface area contributed by atoms with E-state index in [4.69, 9.17) is 0 Å². The standard InChI is InChI=1S/C8H16FNO/c1-7-5-8(11)6-10(7)4-2-3-9/h7-8,11H,2-6H2,1H3. The number of β-amino-alcohol motifs (C(OH)–C–C–N with tert-alkyl or cyclic N) is 1. The Morgan fingerprint density at radius 2 is 2.36 bits per heavy atom. The van der Waals surface area contributed by atoms with E-state index in [0.29, 0.717) is 12.5 Å². The maximum absolute atomic E-state index is 11.8. The molecule has 0 amide bonds. The lowest BCUT2D eigenvalue weighted by atomic mass is 10.2. The van der Waals surface area contributed by atoms with E-state index in [9.17, 15) is 9.50 Å². The number of nitrogens with zero attached hydrogens (tertiary/aromatic N) is 1. The van der Waals surface area contributed by atoms with Crippen molar-refractivity contribution in [1.29, 1.82) is 0 Å². The fraction of sp³-hybridized carbons (Fsp3) is 1.00. The number of hydrogen-bond donors (Lipinski definition) is 1. The summed E-state index contributed by atoms with van der Waals surface area (Å²) in [5, 5.41) is 9.23. The van der Waals surface area contributed by atoms with Gasteiger partial charge in [-0.15, -0.1) is 0 Å². The zero-order chi connectivity index (χ0) is 8.27. The Morgan fingerprint density at radius 1 is 1.64 bits per heavy atom. The van der Waals surface area contributed by atoms with E-state index in [1.807, 2.05) is 0 Å². The maximum atomic E-state index is 11.8. The van der Waals surface area contributed by atoms with Crippen molar-refractivity contribution in [2.24, 2.45) is 0 Å². The third-order valence-electron chi connectivity index (χ3n) is 2.26. The van der Waals surface area contributed by atoms with Crippen LogP contribution in [0.2, 0.25) is 0 Å². The van der Waals surface area contributed by atoms with Crippen LogP contribution in [-0.2, 0) is 0 Å². The highest BCUT2D eigenvalue weighted by molar-refractivity contribution is 4.81. The molecule has 0 radical (unpaired) electrons. The van der Waals surface area contributed by atoms with Crippen LogP contribution in [0.5, 0.6) is 0 Å². The molecule has 0 aliphatic carbocycles. The summed E-state index contributed by atoms with van der Waals surface area (Å²) in [5.74, 6) is 0. The molecule has 0 saturated carbocycles. The minimum Gasteiger partial charge on any atom is -0.392 e. The number of aliphatic hydroxyl groups is 1. The zero-order valence-electron chi connectivity index (χ0n) is 6.96. The SMILES string of the molecule is CC1CC(O)CN1CCCF. The highest BCUT2D eigenvalue weighted by Gasteiger charge is 2.26. The number of hydrogen-bond acceptors (Lipinski definition) is 2. The second kappa shape index (κ2) is 4.02. The number of aliphatic hydroxyl groups excluding tert-OH is 1. The van der Waals surface area contributed by atoms with Crippen LogP contribution in [0, 0.1) is 0 Å². The summed E-state index contributed by atoms with van der Waals surface area (Å²) in [6.07, 6.45) is 1.24. The number of halogens is 1. The van der Waals surface area contributed by atoms with Crippen LogP contribution >= 0.6 is 0 Å². The first kappa shape index (κ1) is 8.94. The molecule has 11 heavy (non-hydrogen) atoms. The van der Waals surface area contributed by atoms with Crippen LogP contribution < -0.4 is 0 Å². The van der Waals surface area contributed by atoms with Crippen molar-refractivity contribution >= 4 is 0 Å². The van der Waals surface area contributed by atoms with Crippen LogP contribution in [0.25, 0.3) is 0 Å². The third kappa shape index (κ3) is 2.42. The van der Waals surface area contributed by atoms with Crippen molar-refractivity contribution < 1.29 is 9.50 Å². The lowest BCUT2D eigenvalue weighted by molar-refractivity contribution is 0.173. The van der Waals surface area contributed by atoms with Crippen LogP contribution in [0.15, 0.2) is 0 Å². The van der Waals surface area contributed by atoms with Crippen LogP contribution in [0.1, 0.15) is 19.8 Å². The first-order valence-electron chi connectivity index (χ1n) is 4.22. The average molecular weight is 161 g/mol. The van der Waals surface area contributed by atoms with Crippen molar-refractivity contribution in [2.45, 2.75) is 31.9 Å². The molecule has 0 aromatic heterocycles. The van der Waals surface area contributed by atoms with Gasteiger partial charge >= 0.3 is 0 Å². The Balaban J connectivity index is 2.23. The summed E-state index contributed by atoms with van der Waals surface area (Å²) in [5.41, 5.74) is 0. The van der Waals surface area contributed by atoms with Gasteiger partial charge < -0.3 is 5.11 Å². The van der Waals surface area contributed by atoms with Gasteiger partial charge in [-0.1, -0.05) is 0 Å². The van der Waals surface area contributed by atoms with Crippen molar-refractivity contribution in [3.8, 4) is 0 Å². The summed E-state index contributed by atoms with van der Waals surface area (Å²) in [6, 6.07) is 0.427. The van der Waals surface area contributed by atoms with E-state index in [0.717, 1.165) is 19.5 Å². The van der Waals surface area contributed by atoms with Gasteiger partial charge in [0.15, 0.2) is 0 Å². The summed E-state index contributed by atoms with van der Waals surface area (Å²) in [7, 11) is 0. The second-order valence-electron chi connectivity index (χ2n) is 3.28. The number of alkyl halides is 1. The summed E-state index contributed by atoms with van der Waals surface area (Å²) in [4.78, 5) is 2.14. The normalized spacial score (nSPS) is 33.0. The smallest absolute Gasteiger partial charge is 0.0906 e. The fourth-order valence-corrected chi connectivity index (χ4v) is 1.64. The molecule has 66 valence electrons. The highest BCUT2D eigenvalue weighted by Crippen LogP contribution is 2.16. The Bertz CT molecular complexity index is 121. The topological polar surface area (TPSA) is 23.5 Å². The molecule has 2 nitrogen and oxygen atoms in total. The van der Waals surface area contributed by atoms with Crippen LogP contribution in [0.4, 0.5) is 4.39 Å². The predicted molar refractivity (Wildman–Crippen MR) is 42.3 cm³/mol. The molecule has 0 aromatic rings. The quantitative estimate of drug-likeness (QED) is 0.662. The Labute approximate surface area is 67.0 Å². The molecule has 1 N–H and O–H groups in total. The summed E-state index contributed by atoms with van der Waals surface area (Å²) >= 11 is 0. The fourth-order valence-electron chi connectivity index (χ4n) is 1.64. The number of likely N-dealkylation sites (tertiary alicyclic amines) is 1. The largest absolute Gasteiger partial charge is 0.392 e. The van der Waals surface area contributed by atoms with Crippen molar-refractivity contribution in [2.75, 3.05) is 19.8 Å². The summed E-state index contributed by atoms with van der Waals surface area (Å²) in [6.45, 7) is 3.34. The highest BCUT2D eigenvalue weighted by atomic mass is 19.1. The average Bonchev–Trinajstić information content (AvgIpc) is 2.26. The number of rotatable bonds is 3. The molecule has 0 aromatic carbocycles. The van der Waals surface area contributed by atoms with Crippen molar-refractivity contribution in [3.05, 3.63) is 0 Å². The van der Waals surface area contributed by atoms with E-state index in [1.54, 1.807) is 0 Å². The van der Waals surface area contributed by atoms with Gasteiger partial charge in [0.2, 0.25) is 0 Å². The Hall–Kier alpha value is -0.150. The van der Waals surface area contributed by atoms with Gasteiger partial charge in [-0.25, -0.2) is 0 Å². The molecule has 1 heterocycles. The molecule has 1 rings (SSSR count). The van der Waals surface area contributed by atoms with Gasteiger partial charge in [0.05, 0.1) is 12.8 Å². The van der Waals surface area contributed by atoms with Crippen LogP contribution in [-0.4, -0.2) is 41.9 Å². The lowest BCUT2D eigenvalue weighted by Gasteiger charge is -2.19. The van der Waals surface area contributed by atoms with Crippen molar-refractivity contribution in [1.82, 2.24) is 4.90 Å². The lowest BCUT2D eigenvalue weighted by Crippen LogP contribution is -2.28. The van der Waals surface area contributed by atoms with Gasteiger partial charge in [0.1, 0.15) is 0 Å². The van der Waals surface area contributed by atoms with E-state index in [-0.39, 0.29) is 12.8 Å². The first-order valence-corrected chi connectivity index (χ1v) is 4.22. The molecule has 1 fully saturated rings. The molecular weight excluding hydrogens is 145 g/mol. The van der Waals surface area contributed by atoms with E-state index in [2.05, 4.69) is 11.8 Å². The molecule has 2 unspecified atom stereocenters. The molecule has 1 aliphatic heterocycles. The first-order chi connectivity index (χ1) is 5.24. The molecule has 3 heteroatoms. The van der Waals surface area contributed by atoms with E-state index in [1.165, 1.54) is 0 Å². The van der Waals surface area contributed by atoms with Crippen molar-refractivity contribution in [3.63, 3.8) is 0 Å². The monoisotopic (exact) mass is 161 g/mol. The van der Waals surface area contributed by atoms with Gasteiger partial charge in [0, 0.05) is 19.1 Å². The molecule has 0 spiro atoms. The molecule has 1 saturated heterocycles. The minimum absolute atomic E-state index is 0.190. The van der Waals surface area contributed by atoms with Gasteiger partial charge in [-0.3, -0.25) is 9.29 Å². The maximum Gasteiger partial charge on any atom is 0.0906 e. The zero-order valence-corrected chi connectivity index (χ0v) is 6.96. The molecular formula is C8H16FNO. The minimum atomic E-state index is -0.251. The van der Waals surface area contributed by atoms with E-state index >= 15 is 0 Å². The summed E-state index contributed by atoms with van der Waals surface area (Å²) < 4.78 is 11.8. The predicted octanol–water partition coefficient (Wildman–Crippen LogP) is 0.801. The molecule has 0 bridgehead atoms. The van der Waals surface area contributed by atoms with Crippen LogP contribution in [0.3, 0.4) is 0 Å². The van der Waals surface area contributed by atoms with Gasteiger partial charge in [-0.2, -0.15) is 0 Å². The molecule has 1 aliphatic rings. The third-order valence-corrected chi connectivity index (χ3v) is 2.26. The van der Waals surface area contributed by atoms with Gasteiger partial charge in [-0.05, 0) is 19.8 Å². The second-order valence-corrected chi connectivity index (χ2v) is 3.28. The molecule has 2 atom stereocenters. The van der Waals surface area contributed by atoms with Gasteiger partial charge in [0.25, 0.3) is 0 Å². The van der Waals surface area contributed by atoms with E-state index < -0.39 is 0 Å².